The Morgan fingerprint density at radius 1 is 1.11 bits per heavy atom. The van der Waals surface area contributed by atoms with Crippen LogP contribution in [0.2, 0.25) is 5.02 Å². The molecule has 1 aliphatic rings. The van der Waals surface area contributed by atoms with E-state index in [1.807, 2.05) is 32.0 Å². The summed E-state index contributed by atoms with van der Waals surface area (Å²) in [6.45, 7) is 9.54. The fourth-order valence-electron chi connectivity index (χ4n) is 5.10. The summed E-state index contributed by atoms with van der Waals surface area (Å²) < 4.78 is 11.9. The molecule has 0 bridgehead atoms. The van der Waals surface area contributed by atoms with Crippen molar-refractivity contribution in [2.75, 3.05) is 13.2 Å². The largest absolute Gasteiger partial charge is 0.492 e. The Bertz CT molecular complexity index is 1460. The first-order chi connectivity index (χ1) is 17.2. The molecule has 3 heterocycles. The number of aryl methyl sites for hydroxylation is 3. The molecular weight excluding hydrogens is 476 g/mol. The van der Waals surface area contributed by atoms with Crippen LogP contribution in [0, 0.1) is 20.8 Å². The monoisotopic (exact) mass is 506 g/mol. The number of piperidine rings is 1. The van der Waals surface area contributed by atoms with Crippen molar-refractivity contribution in [3.63, 3.8) is 0 Å². The maximum Gasteiger partial charge on any atom is 0.260 e. The van der Waals surface area contributed by atoms with Crippen molar-refractivity contribution >= 4 is 22.5 Å². The molecule has 1 unspecified atom stereocenters. The van der Waals surface area contributed by atoms with Gasteiger partial charge < -0.3 is 19.6 Å². The molecule has 5 rings (SSSR count). The minimum Gasteiger partial charge on any atom is -0.492 e. The van der Waals surface area contributed by atoms with E-state index in [9.17, 15) is 4.79 Å². The van der Waals surface area contributed by atoms with Crippen LogP contribution in [0.1, 0.15) is 49.6 Å². The summed E-state index contributed by atoms with van der Waals surface area (Å²) in [5, 5.41) is 8.69. The van der Waals surface area contributed by atoms with E-state index in [-0.39, 0.29) is 11.1 Å². The van der Waals surface area contributed by atoms with Crippen LogP contribution >= 0.6 is 11.6 Å². The molecule has 0 spiro atoms. The van der Waals surface area contributed by atoms with Crippen molar-refractivity contribution in [1.29, 1.82) is 0 Å². The van der Waals surface area contributed by atoms with E-state index >= 15 is 0 Å². The Hall–Kier alpha value is -3.16. The molecule has 2 aromatic heterocycles. The summed E-state index contributed by atoms with van der Waals surface area (Å²) in [7, 11) is 0. The van der Waals surface area contributed by atoms with Gasteiger partial charge >= 0.3 is 0 Å². The first-order valence-electron chi connectivity index (χ1n) is 12.4. The van der Waals surface area contributed by atoms with Crippen molar-refractivity contribution in [2.45, 2.75) is 58.9 Å². The van der Waals surface area contributed by atoms with Crippen LogP contribution in [0.25, 0.3) is 33.5 Å². The Balaban J connectivity index is 1.66. The minimum atomic E-state index is -0.220. The summed E-state index contributed by atoms with van der Waals surface area (Å²) in [5.41, 5.74) is 4.46. The van der Waals surface area contributed by atoms with Crippen molar-refractivity contribution in [1.82, 2.24) is 20.4 Å². The molecule has 0 radical (unpaired) electrons. The zero-order valence-electron chi connectivity index (χ0n) is 21.1. The first kappa shape index (κ1) is 24.5. The van der Waals surface area contributed by atoms with E-state index in [2.05, 4.69) is 33.4 Å². The molecule has 1 saturated heterocycles. The second-order valence-corrected chi connectivity index (χ2v) is 10.5. The lowest BCUT2D eigenvalue weighted by atomic mass is 9.88. The highest BCUT2D eigenvalue weighted by atomic mass is 35.5. The summed E-state index contributed by atoms with van der Waals surface area (Å²) >= 11 is 6.58. The molecule has 0 amide bonds. The zero-order chi connectivity index (χ0) is 25.4. The molecule has 2 aromatic carbocycles. The molecule has 1 aliphatic heterocycles. The number of halogens is 1. The predicted molar refractivity (Wildman–Crippen MR) is 143 cm³/mol. The van der Waals surface area contributed by atoms with Crippen LogP contribution in [0.3, 0.4) is 0 Å². The number of hydrogen-bond acceptors (Lipinski definition) is 6. The molecule has 0 aliphatic carbocycles. The highest BCUT2D eigenvalue weighted by Gasteiger charge is 2.27. The fourth-order valence-corrected chi connectivity index (χ4v) is 5.34. The van der Waals surface area contributed by atoms with E-state index in [1.54, 1.807) is 13.0 Å². The molecule has 188 valence electrons. The molecule has 2 N–H and O–H groups in total. The van der Waals surface area contributed by atoms with Gasteiger partial charge in [-0.15, -0.1) is 0 Å². The highest BCUT2D eigenvalue weighted by molar-refractivity contribution is 6.34. The van der Waals surface area contributed by atoms with Gasteiger partial charge in [0.1, 0.15) is 5.75 Å². The maximum atomic E-state index is 13.4. The van der Waals surface area contributed by atoms with Gasteiger partial charge in [0, 0.05) is 10.9 Å². The van der Waals surface area contributed by atoms with Gasteiger partial charge in [-0.3, -0.25) is 4.79 Å². The number of H-pyrrole nitrogens is 1. The number of fused-ring (bicyclic) bond motifs is 1. The van der Waals surface area contributed by atoms with Crippen LogP contribution in [0.5, 0.6) is 5.75 Å². The van der Waals surface area contributed by atoms with Crippen molar-refractivity contribution in [2.24, 2.45) is 0 Å². The van der Waals surface area contributed by atoms with E-state index < -0.39 is 0 Å². The van der Waals surface area contributed by atoms with Gasteiger partial charge in [-0.05, 0) is 71.2 Å². The third-order valence-corrected chi connectivity index (χ3v) is 7.24. The summed E-state index contributed by atoms with van der Waals surface area (Å²) in [6.07, 6.45) is 4.34. The zero-order valence-corrected chi connectivity index (χ0v) is 21.9. The van der Waals surface area contributed by atoms with Crippen LogP contribution in [0.15, 0.2) is 39.6 Å². The van der Waals surface area contributed by atoms with Gasteiger partial charge in [-0.1, -0.05) is 52.5 Å². The third-order valence-electron chi connectivity index (χ3n) is 6.93. The van der Waals surface area contributed by atoms with Crippen molar-refractivity contribution < 1.29 is 9.26 Å². The second-order valence-electron chi connectivity index (χ2n) is 10.1. The van der Waals surface area contributed by atoms with Gasteiger partial charge in [-0.25, -0.2) is 0 Å². The average molecular weight is 507 g/mol. The van der Waals surface area contributed by atoms with E-state index in [4.69, 9.17) is 20.9 Å². The second kappa shape index (κ2) is 9.71. The number of nitrogens with zero attached hydrogens (tertiary/aromatic N) is 2. The van der Waals surface area contributed by atoms with Gasteiger partial charge in [0.2, 0.25) is 0 Å². The molecule has 4 aromatic rings. The molecule has 8 heteroatoms. The number of nitrogens with one attached hydrogen (secondary N) is 2. The summed E-state index contributed by atoms with van der Waals surface area (Å²) in [5.74, 6) is 1.37. The number of rotatable bonds is 6. The first-order valence-corrected chi connectivity index (χ1v) is 12.8. The lowest BCUT2D eigenvalue weighted by molar-refractivity contribution is 0.205. The Morgan fingerprint density at radius 3 is 2.56 bits per heavy atom. The van der Waals surface area contributed by atoms with E-state index in [1.165, 1.54) is 12.8 Å². The number of pyridine rings is 1. The lowest BCUT2D eigenvalue weighted by Gasteiger charge is -2.35. The van der Waals surface area contributed by atoms with Gasteiger partial charge in [0.15, 0.2) is 5.82 Å². The number of aromatic amines is 1. The van der Waals surface area contributed by atoms with Crippen molar-refractivity contribution in [3.8, 4) is 28.3 Å². The molecule has 0 saturated carbocycles. The predicted octanol–water partition coefficient (Wildman–Crippen LogP) is 6.12. The molecule has 1 atom stereocenters. The molecular formula is C28H31ClN4O3. The fraction of sp³-hybridized carbons (Fsp3) is 0.393. The minimum absolute atomic E-state index is 0.0189. The van der Waals surface area contributed by atoms with Crippen molar-refractivity contribution in [3.05, 3.63) is 62.7 Å². The average Bonchev–Trinajstić information content (AvgIpc) is 3.24. The standard InChI is InChI=1S/C28H31ClN4O3/c1-16-11-17(2)13-19(12-16)24-25(35-10-8-28(4)7-5-6-9-30-28)21-14-20(27-31-18(3)33-36-27)22(29)15-23(21)32-26(24)34/h11-15,30H,5-10H2,1-4H3,(H,32,34). The van der Waals surface area contributed by atoms with E-state index in [0.29, 0.717) is 45.7 Å². The molecule has 1 fully saturated rings. The Labute approximate surface area is 215 Å². The Morgan fingerprint density at radius 2 is 1.89 bits per heavy atom. The quantitative estimate of drug-likeness (QED) is 0.327. The topological polar surface area (TPSA) is 93.0 Å². The lowest BCUT2D eigenvalue weighted by Crippen LogP contribution is -2.46. The van der Waals surface area contributed by atoms with Crippen LogP contribution in [-0.4, -0.2) is 33.8 Å². The summed E-state index contributed by atoms with van der Waals surface area (Å²) in [6, 6.07) is 9.69. The number of benzene rings is 2. The van der Waals surface area contributed by atoms with Crippen LogP contribution in [-0.2, 0) is 0 Å². The normalized spacial score (nSPS) is 18.0. The van der Waals surface area contributed by atoms with Gasteiger partial charge in [0.25, 0.3) is 11.4 Å². The molecule has 36 heavy (non-hydrogen) atoms. The summed E-state index contributed by atoms with van der Waals surface area (Å²) in [4.78, 5) is 20.8. The smallest absolute Gasteiger partial charge is 0.260 e. The SMILES string of the molecule is Cc1cc(C)cc(-c2c(OCCC3(C)CCCCN3)c3cc(-c4nc(C)no4)c(Cl)cc3[nH]c2=O)c1. The van der Waals surface area contributed by atoms with Gasteiger partial charge in [0.05, 0.1) is 28.3 Å². The van der Waals surface area contributed by atoms with E-state index in [0.717, 1.165) is 41.5 Å². The maximum absolute atomic E-state index is 13.4. The number of aromatic nitrogens is 3. The van der Waals surface area contributed by atoms with Gasteiger partial charge in [-0.2, -0.15) is 4.98 Å². The third kappa shape index (κ3) is 4.90. The van der Waals surface area contributed by atoms with Crippen LogP contribution in [0.4, 0.5) is 0 Å². The number of hydrogen-bond donors (Lipinski definition) is 2. The van der Waals surface area contributed by atoms with Crippen LogP contribution < -0.4 is 15.6 Å². The highest BCUT2D eigenvalue weighted by Crippen LogP contribution is 2.39. The Kier molecular flexibility index (Phi) is 6.62. The number of ether oxygens (including phenoxy) is 1. The molecule has 7 nitrogen and oxygen atoms in total.